The first-order valence-corrected chi connectivity index (χ1v) is 8.35. The number of piperidine rings is 1. The summed E-state index contributed by atoms with van der Waals surface area (Å²) >= 11 is 0. The minimum atomic E-state index is 0.0724. The Morgan fingerprint density at radius 3 is 2.77 bits per heavy atom. The van der Waals surface area contributed by atoms with E-state index >= 15 is 0 Å². The minimum absolute atomic E-state index is 0.0724. The van der Waals surface area contributed by atoms with Crippen molar-refractivity contribution in [2.24, 2.45) is 0 Å². The quantitative estimate of drug-likeness (QED) is 0.922. The Morgan fingerprint density at radius 1 is 1.00 bits per heavy atom. The first-order chi connectivity index (χ1) is 10.8. The SMILES string of the molecule is O=C(N[C@@H]1CCN2CCCC[C@@H]12)c1ccc2ccccc2c1. The largest absolute Gasteiger partial charge is 0.348 e. The number of hydrogen-bond donors (Lipinski definition) is 1. The molecule has 1 amide bonds. The standard InChI is InChI=1S/C19H22N2O/c22-19(16-9-8-14-5-1-2-6-15(14)13-16)20-17-10-12-21-11-4-3-7-18(17)21/h1-2,5-6,8-9,13,17-18H,3-4,7,10-12H2,(H,20,22)/t17-,18+/m1/s1. The van der Waals surface area contributed by atoms with Crippen molar-refractivity contribution in [3.63, 3.8) is 0 Å². The molecule has 22 heavy (non-hydrogen) atoms. The van der Waals surface area contributed by atoms with E-state index in [0.717, 1.165) is 23.9 Å². The van der Waals surface area contributed by atoms with Crippen LogP contribution in [0, 0.1) is 0 Å². The molecule has 3 heteroatoms. The second-order valence-electron chi connectivity index (χ2n) is 6.53. The lowest BCUT2D eigenvalue weighted by atomic mass is 9.98. The smallest absolute Gasteiger partial charge is 0.251 e. The van der Waals surface area contributed by atoms with Gasteiger partial charge in [-0.05, 0) is 48.7 Å². The first kappa shape index (κ1) is 13.8. The third-order valence-electron chi connectivity index (χ3n) is 5.18. The molecule has 2 aliphatic heterocycles. The fraction of sp³-hybridized carbons (Fsp3) is 0.421. The molecule has 0 bridgehead atoms. The second kappa shape index (κ2) is 5.73. The molecule has 2 fully saturated rings. The van der Waals surface area contributed by atoms with E-state index in [0.29, 0.717) is 12.1 Å². The Morgan fingerprint density at radius 2 is 1.86 bits per heavy atom. The number of fused-ring (bicyclic) bond motifs is 2. The van der Waals surface area contributed by atoms with Crippen molar-refractivity contribution < 1.29 is 4.79 Å². The molecule has 0 spiro atoms. The molecule has 0 aliphatic carbocycles. The number of amides is 1. The monoisotopic (exact) mass is 294 g/mol. The van der Waals surface area contributed by atoms with Crippen LogP contribution in [0.1, 0.15) is 36.0 Å². The van der Waals surface area contributed by atoms with Crippen LogP contribution in [0.3, 0.4) is 0 Å². The molecule has 0 unspecified atom stereocenters. The zero-order chi connectivity index (χ0) is 14.9. The maximum atomic E-state index is 12.6. The van der Waals surface area contributed by atoms with Crippen LogP contribution in [0.25, 0.3) is 10.8 Å². The van der Waals surface area contributed by atoms with E-state index in [1.54, 1.807) is 0 Å². The van der Waals surface area contributed by atoms with E-state index in [4.69, 9.17) is 0 Å². The predicted octanol–water partition coefficient (Wildman–Crippen LogP) is 3.20. The molecule has 2 atom stereocenters. The van der Waals surface area contributed by atoms with Crippen molar-refractivity contribution in [2.45, 2.75) is 37.8 Å². The molecule has 2 aromatic rings. The van der Waals surface area contributed by atoms with Crippen molar-refractivity contribution in [2.75, 3.05) is 13.1 Å². The number of nitrogens with one attached hydrogen (secondary N) is 1. The first-order valence-electron chi connectivity index (χ1n) is 8.35. The van der Waals surface area contributed by atoms with Gasteiger partial charge in [0, 0.05) is 24.2 Å². The van der Waals surface area contributed by atoms with Gasteiger partial charge < -0.3 is 5.32 Å². The molecular weight excluding hydrogens is 272 g/mol. The average molecular weight is 294 g/mol. The Bertz CT molecular complexity index is 697. The highest BCUT2D eigenvalue weighted by Gasteiger charge is 2.36. The van der Waals surface area contributed by atoms with Crippen LogP contribution in [0.2, 0.25) is 0 Å². The predicted molar refractivity (Wildman–Crippen MR) is 89.0 cm³/mol. The van der Waals surface area contributed by atoms with Gasteiger partial charge in [0.2, 0.25) is 0 Å². The Balaban J connectivity index is 1.51. The van der Waals surface area contributed by atoms with Gasteiger partial charge in [-0.15, -0.1) is 0 Å². The maximum Gasteiger partial charge on any atom is 0.251 e. The van der Waals surface area contributed by atoms with Gasteiger partial charge in [0.1, 0.15) is 0 Å². The minimum Gasteiger partial charge on any atom is -0.348 e. The Hall–Kier alpha value is -1.87. The zero-order valence-electron chi connectivity index (χ0n) is 12.8. The molecule has 0 aromatic heterocycles. The highest BCUT2D eigenvalue weighted by atomic mass is 16.1. The molecule has 0 saturated carbocycles. The second-order valence-corrected chi connectivity index (χ2v) is 6.53. The lowest BCUT2D eigenvalue weighted by Crippen LogP contribution is -2.46. The summed E-state index contributed by atoms with van der Waals surface area (Å²) < 4.78 is 0. The third-order valence-corrected chi connectivity index (χ3v) is 5.18. The third kappa shape index (κ3) is 2.50. The zero-order valence-corrected chi connectivity index (χ0v) is 12.8. The van der Waals surface area contributed by atoms with E-state index in [-0.39, 0.29) is 5.91 Å². The van der Waals surface area contributed by atoms with Crippen molar-refractivity contribution in [1.29, 1.82) is 0 Å². The number of carbonyl (C=O) groups excluding carboxylic acids is 1. The van der Waals surface area contributed by atoms with Crippen LogP contribution < -0.4 is 5.32 Å². The molecule has 114 valence electrons. The molecule has 2 heterocycles. The number of rotatable bonds is 2. The number of carbonyl (C=O) groups is 1. The van der Waals surface area contributed by atoms with Crippen LogP contribution >= 0.6 is 0 Å². The number of benzene rings is 2. The molecule has 3 nitrogen and oxygen atoms in total. The molecule has 0 radical (unpaired) electrons. The van der Waals surface area contributed by atoms with Crippen LogP contribution in [0.15, 0.2) is 42.5 Å². The van der Waals surface area contributed by atoms with Crippen LogP contribution in [-0.2, 0) is 0 Å². The molecule has 2 aliphatic rings. The number of hydrogen-bond acceptors (Lipinski definition) is 2. The van der Waals surface area contributed by atoms with E-state index in [1.807, 2.05) is 30.3 Å². The van der Waals surface area contributed by atoms with Crippen molar-refractivity contribution in [1.82, 2.24) is 10.2 Å². The summed E-state index contributed by atoms with van der Waals surface area (Å²) in [4.78, 5) is 15.1. The highest BCUT2D eigenvalue weighted by molar-refractivity contribution is 5.98. The summed E-state index contributed by atoms with van der Waals surface area (Å²) in [6.07, 6.45) is 4.91. The Labute approximate surface area is 131 Å². The molecule has 1 N–H and O–H groups in total. The van der Waals surface area contributed by atoms with Crippen molar-refractivity contribution in [3.05, 3.63) is 48.0 Å². The molecule has 4 rings (SSSR count). The van der Waals surface area contributed by atoms with E-state index in [2.05, 4.69) is 22.3 Å². The van der Waals surface area contributed by atoms with E-state index in [9.17, 15) is 4.79 Å². The van der Waals surface area contributed by atoms with Gasteiger partial charge in [0.05, 0.1) is 0 Å². The lowest BCUT2D eigenvalue weighted by molar-refractivity contribution is 0.0915. The van der Waals surface area contributed by atoms with Gasteiger partial charge in [-0.25, -0.2) is 0 Å². The normalized spacial score (nSPS) is 25.1. The summed E-state index contributed by atoms with van der Waals surface area (Å²) in [6.45, 7) is 2.33. The van der Waals surface area contributed by atoms with Crippen LogP contribution in [0.5, 0.6) is 0 Å². The topological polar surface area (TPSA) is 32.3 Å². The summed E-state index contributed by atoms with van der Waals surface area (Å²) in [5.41, 5.74) is 0.771. The number of nitrogens with zero attached hydrogens (tertiary/aromatic N) is 1. The molecule has 2 aromatic carbocycles. The van der Waals surface area contributed by atoms with Gasteiger partial charge in [-0.3, -0.25) is 9.69 Å². The van der Waals surface area contributed by atoms with Gasteiger partial charge in [0.15, 0.2) is 0 Å². The summed E-state index contributed by atoms with van der Waals surface area (Å²) in [5, 5.41) is 5.58. The van der Waals surface area contributed by atoms with Crippen LogP contribution in [-0.4, -0.2) is 36.0 Å². The van der Waals surface area contributed by atoms with Crippen molar-refractivity contribution >= 4 is 16.7 Å². The van der Waals surface area contributed by atoms with Gasteiger partial charge in [0.25, 0.3) is 5.91 Å². The van der Waals surface area contributed by atoms with Crippen LogP contribution in [0.4, 0.5) is 0 Å². The van der Waals surface area contributed by atoms with Gasteiger partial charge in [-0.2, -0.15) is 0 Å². The van der Waals surface area contributed by atoms with Gasteiger partial charge >= 0.3 is 0 Å². The van der Waals surface area contributed by atoms with Gasteiger partial charge in [-0.1, -0.05) is 36.8 Å². The van der Waals surface area contributed by atoms with Crippen molar-refractivity contribution in [3.8, 4) is 0 Å². The summed E-state index contributed by atoms with van der Waals surface area (Å²) in [6, 6.07) is 15.0. The fourth-order valence-electron chi connectivity index (χ4n) is 4.00. The lowest BCUT2D eigenvalue weighted by Gasteiger charge is -2.32. The molecule has 2 saturated heterocycles. The Kier molecular flexibility index (Phi) is 3.59. The average Bonchev–Trinajstić information content (AvgIpc) is 2.97. The van der Waals surface area contributed by atoms with E-state index in [1.165, 1.54) is 31.2 Å². The summed E-state index contributed by atoms with van der Waals surface area (Å²) in [7, 11) is 0. The molecular formula is C19H22N2O. The maximum absolute atomic E-state index is 12.6. The highest BCUT2D eigenvalue weighted by Crippen LogP contribution is 2.27. The fourth-order valence-corrected chi connectivity index (χ4v) is 4.00. The summed E-state index contributed by atoms with van der Waals surface area (Å²) in [5.74, 6) is 0.0724. The van der Waals surface area contributed by atoms with E-state index < -0.39 is 0 Å².